The average molecular weight is 376 g/mol. The lowest BCUT2D eigenvalue weighted by molar-refractivity contribution is 0.252. The van der Waals surface area contributed by atoms with Gasteiger partial charge in [-0.15, -0.1) is 0 Å². The van der Waals surface area contributed by atoms with Crippen LogP contribution in [0.3, 0.4) is 0 Å². The molecule has 0 spiro atoms. The summed E-state index contributed by atoms with van der Waals surface area (Å²) >= 11 is 0. The highest BCUT2D eigenvalue weighted by molar-refractivity contribution is 7.87. The molecule has 2 N–H and O–H groups in total. The maximum atomic E-state index is 12.5. The molecule has 0 heterocycles. The number of amides is 2. The quantitative estimate of drug-likeness (QED) is 0.712. The molecule has 0 saturated carbocycles. The second kappa shape index (κ2) is 8.71. The van der Waals surface area contributed by atoms with E-state index in [1.54, 1.807) is 12.1 Å². The standard InChI is InChI=1S/C19H24N2O4S/c1-4-13-20-19(22)21-15-9-11-16(12-10-15)26(23,24)25-18-8-6-5-7-17(18)14(2)3/h5-12,14H,4,13H2,1-3H3,(H2,20,21,22). The molecule has 2 aromatic carbocycles. The fraction of sp³-hybridized carbons (Fsp3) is 0.316. The number of carbonyl (C=O) groups is 1. The summed E-state index contributed by atoms with van der Waals surface area (Å²) in [5, 5.41) is 5.33. The Morgan fingerprint density at radius 1 is 1.08 bits per heavy atom. The maximum Gasteiger partial charge on any atom is 0.339 e. The molecule has 0 saturated heterocycles. The summed E-state index contributed by atoms with van der Waals surface area (Å²) in [6, 6.07) is 12.6. The molecule has 2 amide bonds. The SMILES string of the molecule is CCCNC(=O)Nc1ccc(S(=O)(=O)Oc2ccccc2C(C)C)cc1. The number of benzene rings is 2. The van der Waals surface area contributed by atoms with Crippen LogP contribution in [0.1, 0.15) is 38.7 Å². The first-order valence-electron chi connectivity index (χ1n) is 8.52. The van der Waals surface area contributed by atoms with Crippen LogP contribution in [0.2, 0.25) is 0 Å². The molecule has 2 aromatic rings. The third-order valence-corrected chi connectivity index (χ3v) is 4.93. The smallest absolute Gasteiger partial charge is 0.339 e. The minimum Gasteiger partial charge on any atom is -0.379 e. The fourth-order valence-corrected chi connectivity index (χ4v) is 3.27. The van der Waals surface area contributed by atoms with Gasteiger partial charge in [-0.3, -0.25) is 0 Å². The highest BCUT2D eigenvalue weighted by atomic mass is 32.2. The number of rotatable bonds is 7. The van der Waals surface area contributed by atoms with E-state index < -0.39 is 10.1 Å². The molecule has 140 valence electrons. The van der Waals surface area contributed by atoms with Gasteiger partial charge in [-0.2, -0.15) is 8.42 Å². The number of carbonyl (C=O) groups excluding carboxylic acids is 1. The van der Waals surface area contributed by atoms with Gasteiger partial charge in [0.25, 0.3) is 0 Å². The van der Waals surface area contributed by atoms with Crippen LogP contribution in [0, 0.1) is 0 Å². The summed E-state index contributed by atoms with van der Waals surface area (Å²) in [4.78, 5) is 11.7. The van der Waals surface area contributed by atoms with Crippen molar-refractivity contribution >= 4 is 21.8 Å². The van der Waals surface area contributed by atoms with Gasteiger partial charge in [-0.1, -0.05) is 39.0 Å². The predicted octanol–water partition coefficient (Wildman–Crippen LogP) is 4.11. The average Bonchev–Trinajstić information content (AvgIpc) is 2.60. The van der Waals surface area contributed by atoms with Gasteiger partial charge in [0.15, 0.2) is 0 Å². The first-order valence-corrected chi connectivity index (χ1v) is 9.92. The molecule has 0 bridgehead atoms. The van der Waals surface area contributed by atoms with Gasteiger partial charge in [-0.25, -0.2) is 4.79 Å². The summed E-state index contributed by atoms with van der Waals surface area (Å²) in [5.41, 5.74) is 1.32. The van der Waals surface area contributed by atoms with E-state index in [9.17, 15) is 13.2 Å². The Balaban J connectivity index is 2.14. The van der Waals surface area contributed by atoms with E-state index in [4.69, 9.17) is 4.18 Å². The number of para-hydroxylation sites is 1. The molecule has 0 aromatic heterocycles. The van der Waals surface area contributed by atoms with Crippen LogP contribution in [0.5, 0.6) is 5.75 Å². The van der Waals surface area contributed by atoms with Crippen molar-refractivity contribution in [3.63, 3.8) is 0 Å². The third-order valence-electron chi connectivity index (χ3n) is 3.68. The monoisotopic (exact) mass is 376 g/mol. The molecule has 0 aliphatic rings. The summed E-state index contributed by atoms with van der Waals surface area (Å²) in [7, 11) is -3.96. The van der Waals surface area contributed by atoms with E-state index in [1.165, 1.54) is 24.3 Å². The van der Waals surface area contributed by atoms with E-state index in [0.717, 1.165) is 12.0 Å². The molecule has 2 rings (SSSR count). The second-order valence-corrected chi connectivity index (χ2v) is 7.68. The Morgan fingerprint density at radius 3 is 2.35 bits per heavy atom. The highest BCUT2D eigenvalue weighted by Crippen LogP contribution is 2.28. The summed E-state index contributed by atoms with van der Waals surface area (Å²) in [6.07, 6.45) is 0.833. The molecule has 0 atom stereocenters. The van der Waals surface area contributed by atoms with Gasteiger partial charge >= 0.3 is 16.1 Å². The summed E-state index contributed by atoms with van der Waals surface area (Å²) in [6.45, 7) is 6.47. The normalized spacial score (nSPS) is 11.2. The molecule has 0 aliphatic heterocycles. The van der Waals surface area contributed by atoms with Crippen molar-refractivity contribution in [1.82, 2.24) is 5.32 Å². The predicted molar refractivity (Wildman–Crippen MR) is 102 cm³/mol. The fourth-order valence-electron chi connectivity index (χ4n) is 2.32. The number of hydrogen-bond acceptors (Lipinski definition) is 4. The van der Waals surface area contributed by atoms with E-state index in [1.807, 2.05) is 32.9 Å². The van der Waals surface area contributed by atoms with Gasteiger partial charge in [0.05, 0.1) is 0 Å². The van der Waals surface area contributed by atoms with E-state index in [2.05, 4.69) is 10.6 Å². The van der Waals surface area contributed by atoms with Crippen molar-refractivity contribution in [2.24, 2.45) is 0 Å². The van der Waals surface area contributed by atoms with Crippen molar-refractivity contribution < 1.29 is 17.4 Å². The first kappa shape index (κ1) is 19.8. The minimum atomic E-state index is -3.96. The minimum absolute atomic E-state index is 0.0237. The zero-order valence-corrected chi connectivity index (χ0v) is 16.0. The van der Waals surface area contributed by atoms with Crippen LogP contribution in [0.25, 0.3) is 0 Å². The van der Waals surface area contributed by atoms with Crippen molar-refractivity contribution in [3.8, 4) is 5.75 Å². The third kappa shape index (κ3) is 5.23. The summed E-state index contributed by atoms with van der Waals surface area (Å²) < 4.78 is 30.4. The zero-order valence-electron chi connectivity index (χ0n) is 15.2. The largest absolute Gasteiger partial charge is 0.379 e. The van der Waals surface area contributed by atoms with Crippen molar-refractivity contribution in [3.05, 3.63) is 54.1 Å². The van der Waals surface area contributed by atoms with Crippen LogP contribution in [0.15, 0.2) is 53.4 Å². The lowest BCUT2D eigenvalue weighted by Gasteiger charge is -2.14. The summed E-state index contributed by atoms with van der Waals surface area (Å²) in [5.74, 6) is 0.457. The van der Waals surface area contributed by atoms with Gasteiger partial charge in [0, 0.05) is 12.2 Å². The van der Waals surface area contributed by atoms with Gasteiger partial charge in [-0.05, 0) is 48.2 Å². The Hall–Kier alpha value is -2.54. The maximum absolute atomic E-state index is 12.5. The molecule has 26 heavy (non-hydrogen) atoms. The Labute approximate surface area is 154 Å². The molecule has 0 aliphatic carbocycles. The molecule has 6 nitrogen and oxygen atoms in total. The van der Waals surface area contributed by atoms with Crippen LogP contribution in [0.4, 0.5) is 10.5 Å². The van der Waals surface area contributed by atoms with Crippen LogP contribution >= 0.6 is 0 Å². The first-order chi connectivity index (χ1) is 12.3. The van der Waals surface area contributed by atoms with Crippen LogP contribution in [-0.4, -0.2) is 21.0 Å². The molecule has 0 radical (unpaired) electrons. The van der Waals surface area contributed by atoms with Crippen molar-refractivity contribution in [2.45, 2.75) is 38.0 Å². The molecular formula is C19H24N2O4S. The van der Waals surface area contributed by atoms with E-state index in [0.29, 0.717) is 18.0 Å². The van der Waals surface area contributed by atoms with E-state index in [-0.39, 0.29) is 16.8 Å². The van der Waals surface area contributed by atoms with Gasteiger partial charge in [0.1, 0.15) is 10.6 Å². The van der Waals surface area contributed by atoms with Crippen molar-refractivity contribution in [1.29, 1.82) is 0 Å². The molecule has 7 heteroatoms. The van der Waals surface area contributed by atoms with Crippen LogP contribution in [-0.2, 0) is 10.1 Å². The molecule has 0 unspecified atom stereocenters. The number of nitrogens with one attached hydrogen (secondary N) is 2. The lowest BCUT2D eigenvalue weighted by atomic mass is 10.0. The second-order valence-electron chi connectivity index (χ2n) is 6.14. The molecular weight excluding hydrogens is 352 g/mol. The molecule has 0 fully saturated rings. The number of anilines is 1. The van der Waals surface area contributed by atoms with E-state index >= 15 is 0 Å². The lowest BCUT2D eigenvalue weighted by Crippen LogP contribution is -2.29. The Morgan fingerprint density at radius 2 is 1.73 bits per heavy atom. The Kier molecular flexibility index (Phi) is 6.63. The Bertz CT molecular complexity index is 846. The number of hydrogen-bond donors (Lipinski definition) is 2. The highest BCUT2D eigenvalue weighted by Gasteiger charge is 2.19. The van der Waals surface area contributed by atoms with Gasteiger partial charge < -0.3 is 14.8 Å². The zero-order chi connectivity index (χ0) is 19.2. The number of urea groups is 1. The van der Waals surface area contributed by atoms with Gasteiger partial charge in [0.2, 0.25) is 0 Å². The van der Waals surface area contributed by atoms with Crippen LogP contribution < -0.4 is 14.8 Å². The topological polar surface area (TPSA) is 84.5 Å². The van der Waals surface area contributed by atoms with Crippen molar-refractivity contribution in [2.75, 3.05) is 11.9 Å².